The molecule has 512 valence electrons. The third kappa shape index (κ3) is 42.1. The molecule has 2 aliphatic rings. The molecule has 2 fully saturated rings. The summed E-state index contributed by atoms with van der Waals surface area (Å²) in [6.45, 7) is 10.2. The third-order valence-electron chi connectivity index (χ3n) is 16.7. The molecular formula is C72H123N5O10PS2+. The maximum absolute atomic E-state index is 12.7. The van der Waals surface area contributed by atoms with Crippen LogP contribution in [0, 0.1) is 0 Å². The molecule has 2 aliphatic heterocycles. The van der Waals surface area contributed by atoms with E-state index in [1.807, 2.05) is 31.2 Å². The van der Waals surface area contributed by atoms with Crippen LogP contribution in [0.3, 0.4) is 0 Å². The Morgan fingerprint density at radius 3 is 1.87 bits per heavy atom. The molecule has 3 amide bonds. The van der Waals surface area contributed by atoms with Crippen molar-refractivity contribution in [3.05, 3.63) is 78.4 Å². The smallest absolute Gasteiger partial charge is 0.494 e. The van der Waals surface area contributed by atoms with Crippen molar-refractivity contribution in [3.63, 3.8) is 0 Å². The van der Waals surface area contributed by atoms with Gasteiger partial charge in [-0.25, -0.2) is 5.43 Å². The van der Waals surface area contributed by atoms with Gasteiger partial charge in [-0.2, -0.15) is 5.10 Å². The Morgan fingerprint density at radius 2 is 1.27 bits per heavy atom. The van der Waals surface area contributed by atoms with Crippen LogP contribution in [0.15, 0.2) is 78.0 Å². The summed E-state index contributed by atoms with van der Waals surface area (Å²) in [5, 5.41) is 17.0. The Morgan fingerprint density at radius 1 is 0.700 bits per heavy atom. The maximum Gasteiger partial charge on any atom is 0.695 e. The Bertz CT molecular complexity index is 2120. The number of hydrazone groups is 1. The van der Waals surface area contributed by atoms with E-state index in [0.29, 0.717) is 75.5 Å². The van der Waals surface area contributed by atoms with Gasteiger partial charge < -0.3 is 34.4 Å². The molecule has 0 aliphatic carbocycles. The number of likely N-dealkylation sites (tertiary alicyclic amines) is 1. The monoisotopic (exact) mass is 1310 g/mol. The van der Waals surface area contributed by atoms with Gasteiger partial charge in [-0.3, -0.25) is 14.4 Å². The molecule has 2 heterocycles. The number of aliphatic hydroxyl groups excluding tert-OH is 1. The number of carbonyl (C=O) groups excluding carboxylic acids is 3. The van der Waals surface area contributed by atoms with Crippen LogP contribution in [0.2, 0.25) is 0 Å². The van der Waals surface area contributed by atoms with Crippen LogP contribution in [-0.4, -0.2) is 132 Å². The first-order valence-electron chi connectivity index (χ1n) is 35.4. The zero-order valence-corrected chi connectivity index (χ0v) is 59.0. The van der Waals surface area contributed by atoms with Crippen LogP contribution in [0.4, 0.5) is 0 Å². The number of nitrogens with zero attached hydrogens (tertiary/aromatic N) is 3. The quantitative estimate of drug-likeness (QED) is 0.0121. The third-order valence-corrected chi connectivity index (χ3v) is 19.7. The van der Waals surface area contributed by atoms with E-state index in [2.05, 4.69) is 90.2 Å². The van der Waals surface area contributed by atoms with Gasteiger partial charge in [0, 0.05) is 67.7 Å². The molecule has 90 heavy (non-hydrogen) atoms. The van der Waals surface area contributed by atoms with E-state index >= 15 is 0 Å². The summed E-state index contributed by atoms with van der Waals surface area (Å²) in [7, 11) is 2.61. The van der Waals surface area contributed by atoms with Crippen LogP contribution < -0.4 is 15.5 Å². The van der Waals surface area contributed by atoms with E-state index < -0.39 is 26.2 Å². The molecule has 4 N–H and O–H groups in total. The number of aliphatic hydroxyl groups is 1. The van der Waals surface area contributed by atoms with E-state index in [-0.39, 0.29) is 37.0 Å². The van der Waals surface area contributed by atoms with Crippen molar-refractivity contribution in [1.29, 1.82) is 0 Å². The van der Waals surface area contributed by atoms with Crippen LogP contribution >= 0.6 is 29.8 Å². The van der Waals surface area contributed by atoms with E-state index in [1.54, 1.807) is 21.6 Å². The number of hydrogen-bond acceptors (Lipinski definition) is 13. The zero-order chi connectivity index (χ0) is 64.8. The molecule has 0 spiro atoms. The lowest BCUT2D eigenvalue weighted by Crippen LogP contribution is -2.37. The molecule has 2 saturated heterocycles. The molecular weight excluding hydrogens is 1190 g/mol. The summed E-state index contributed by atoms with van der Waals surface area (Å²) in [5.74, 6) is 1.35. The number of rotatable bonds is 58. The predicted octanol–water partition coefficient (Wildman–Crippen LogP) is 17.4. The molecule has 18 heteroatoms. The minimum absolute atomic E-state index is 0.0537. The largest absolute Gasteiger partial charge is 0.695 e. The topological polar surface area (TPSA) is 189 Å². The van der Waals surface area contributed by atoms with Gasteiger partial charge in [0.25, 0.3) is 0 Å². The van der Waals surface area contributed by atoms with Crippen molar-refractivity contribution < 1.29 is 47.7 Å². The van der Waals surface area contributed by atoms with Crippen molar-refractivity contribution in [2.75, 3.05) is 64.6 Å². The predicted molar refractivity (Wildman–Crippen MR) is 377 cm³/mol. The van der Waals surface area contributed by atoms with Gasteiger partial charge in [0.05, 0.1) is 44.2 Å². The molecule has 3 rings (SSSR count). The average Bonchev–Trinajstić information content (AvgIpc) is 1.94. The Hall–Kier alpha value is -3.38. The number of nitrogens with one attached hydrogen (secondary N) is 2. The highest BCUT2D eigenvalue weighted by Gasteiger charge is 2.41. The minimum atomic E-state index is -2.76. The minimum Gasteiger partial charge on any atom is -0.494 e. The first-order valence-corrected chi connectivity index (χ1v) is 39.0. The Balaban J connectivity index is 1.21. The van der Waals surface area contributed by atoms with Crippen LogP contribution in [0.1, 0.15) is 264 Å². The van der Waals surface area contributed by atoms with Gasteiger partial charge >= 0.3 is 8.25 Å². The number of carbonyl (C=O) groups is 3. The normalized spacial score (nSPS) is 18.2. The van der Waals surface area contributed by atoms with Crippen LogP contribution in [0.5, 0.6) is 5.75 Å². The van der Waals surface area contributed by atoms with Gasteiger partial charge in [-0.05, 0) is 159 Å². The lowest BCUT2D eigenvalue weighted by Gasteiger charge is -2.29. The summed E-state index contributed by atoms with van der Waals surface area (Å²) in [5.41, 5.74) is 4.15. The van der Waals surface area contributed by atoms with Crippen molar-refractivity contribution in [1.82, 2.24) is 20.5 Å². The van der Waals surface area contributed by atoms with Gasteiger partial charge in [0.2, 0.25) is 17.7 Å². The molecule has 1 aromatic rings. The lowest BCUT2D eigenvalue weighted by atomic mass is 9.98. The molecule has 0 aromatic heterocycles. The number of unbranched alkanes of at least 4 members (excludes halogenated alkanes) is 21. The second-order valence-corrected chi connectivity index (χ2v) is 28.2. The second kappa shape index (κ2) is 55.0. The molecule has 0 saturated carbocycles. The van der Waals surface area contributed by atoms with E-state index in [0.717, 1.165) is 82.2 Å². The standard InChI is InChI=1S/C72H122N5O10PS2/c1-5-7-9-11-13-15-17-19-21-23-25-27-29-31-33-37-51-72(52-38-34-32-30-28-26-24-22-20-18-16-14-12-10-8-6-2)85-62-67(86-72)49-55-76(4)54-40-36-35-39-53-73-69(79)43-41-56-84-66-47-45-64(46-48-66)63(3)74-75-70(80)50-58-90-89-57-42-44-71(81)77-60-68(87-88(82)83)59-65(77)61-78/h13-16,19-22,45-48,65,67-68,78H,5-12,17-18,23-44,49-62H2,1-4H3,(H2-,73,75,79,80,82,83)/p+1/t65-,67?,68+,72?/m0/s1. The number of ether oxygens (including phenoxy) is 3. The second-order valence-electron chi connectivity index (χ2n) is 24.8. The van der Waals surface area contributed by atoms with Gasteiger partial charge in [-0.1, -0.05) is 174 Å². The molecule has 15 nitrogen and oxygen atoms in total. The van der Waals surface area contributed by atoms with Crippen molar-refractivity contribution in [2.45, 2.75) is 282 Å². The molecule has 1 aromatic carbocycles. The van der Waals surface area contributed by atoms with Crippen LogP contribution in [-0.2, 0) is 32.9 Å². The fourth-order valence-electron chi connectivity index (χ4n) is 11.3. The van der Waals surface area contributed by atoms with Crippen molar-refractivity contribution >= 4 is 53.3 Å². The summed E-state index contributed by atoms with van der Waals surface area (Å²) < 4.78 is 35.4. The highest BCUT2D eigenvalue weighted by atomic mass is 33.1. The van der Waals surface area contributed by atoms with Crippen molar-refractivity contribution in [3.8, 4) is 5.75 Å². The van der Waals surface area contributed by atoms with E-state index in [4.69, 9.17) is 23.6 Å². The average molecular weight is 1310 g/mol. The van der Waals surface area contributed by atoms with Gasteiger partial charge in [-0.15, -0.1) is 9.42 Å². The van der Waals surface area contributed by atoms with Gasteiger partial charge in [0.15, 0.2) is 5.79 Å². The van der Waals surface area contributed by atoms with E-state index in [1.165, 1.54) is 146 Å². The summed E-state index contributed by atoms with van der Waals surface area (Å²) in [6.07, 6.45) is 58.5. The number of allylic oxidation sites excluding steroid dienone is 8. The molecule has 0 radical (unpaired) electrons. The van der Waals surface area contributed by atoms with Crippen molar-refractivity contribution in [2.24, 2.45) is 5.10 Å². The summed E-state index contributed by atoms with van der Waals surface area (Å²) in [4.78, 5) is 50.7. The Labute approximate surface area is 554 Å². The fourth-order valence-corrected chi connectivity index (χ4v) is 13.8. The lowest BCUT2D eigenvalue weighted by molar-refractivity contribution is -0.180. The molecule has 2 unspecified atom stereocenters. The first kappa shape index (κ1) is 80.9. The number of hydrogen-bond donors (Lipinski definition) is 4. The Kier molecular flexibility index (Phi) is 49.4. The number of benzene rings is 1. The zero-order valence-electron chi connectivity index (χ0n) is 56.5. The fraction of sp³-hybridized carbons (Fsp3) is 0.750. The summed E-state index contributed by atoms with van der Waals surface area (Å²) >= 11 is 0. The summed E-state index contributed by atoms with van der Waals surface area (Å²) in [6, 6.07) is 7.10. The number of amides is 3. The SMILES string of the molecule is CCCCCC=CCC=CCCCCCCCCC1(CCCCCCCCC=CCC=CCCCCC)OCC(CCN(C)CCCCCCNC(=O)CCCOc2ccc(C(C)=NNC(=O)CCSSCCCC(=O)N3C[C@H](O[P+](=O)O)C[C@H]3CO)cc2)O1. The van der Waals surface area contributed by atoms with Crippen LogP contribution in [0.25, 0.3) is 0 Å². The van der Waals surface area contributed by atoms with Gasteiger partial charge in [0.1, 0.15) is 11.9 Å². The molecule has 4 atom stereocenters. The van der Waals surface area contributed by atoms with E-state index in [9.17, 15) is 24.1 Å². The highest BCUT2D eigenvalue weighted by Crippen LogP contribution is 2.36. The highest BCUT2D eigenvalue weighted by molar-refractivity contribution is 8.76. The molecule has 0 bridgehead atoms. The first-order chi connectivity index (χ1) is 44.0. The maximum atomic E-state index is 12.7.